The molecule has 1 N–H and O–H groups in total. The van der Waals surface area contributed by atoms with E-state index in [4.69, 9.17) is 21.3 Å². The van der Waals surface area contributed by atoms with Crippen LogP contribution in [0.25, 0.3) is 16.9 Å². The fourth-order valence-corrected chi connectivity index (χ4v) is 4.43. The lowest BCUT2D eigenvalue weighted by atomic mass is 10.0. The number of carbonyl (C=O) groups is 1. The molecule has 7 nitrogen and oxygen atoms in total. The van der Waals surface area contributed by atoms with Crippen LogP contribution >= 0.6 is 11.6 Å². The monoisotopic (exact) mass is 523 g/mol. The van der Waals surface area contributed by atoms with E-state index in [1.54, 1.807) is 28.7 Å². The summed E-state index contributed by atoms with van der Waals surface area (Å²) in [6, 6.07) is 26.4. The van der Waals surface area contributed by atoms with Crippen LogP contribution in [0.1, 0.15) is 16.8 Å². The molecule has 2 heterocycles. The van der Waals surface area contributed by atoms with Crippen molar-refractivity contribution in [2.75, 3.05) is 25.5 Å². The van der Waals surface area contributed by atoms with Crippen molar-refractivity contribution >= 4 is 42.3 Å². The molecule has 0 bridgehead atoms. The number of fused-ring (bicyclic) bond motifs is 1. The predicted molar refractivity (Wildman–Crippen MR) is 155 cm³/mol. The molecule has 3 aromatic carbocycles. The molecular formula is C29H27BClN5O2. The van der Waals surface area contributed by atoms with E-state index in [9.17, 15) is 4.79 Å². The van der Waals surface area contributed by atoms with Gasteiger partial charge in [-0.2, -0.15) is 9.61 Å². The first-order valence-electron chi connectivity index (χ1n) is 12.4. The smallest absolute Gasteiger partial charge is 0.257 e. The van der Waals surface area contributed by atoms with E-state index in [-0.39, 0.29) is 5.91 Å². The molecule has 5 rings (SSSR count). The van der Waals surface area contributed by atoms with Crippen LogP contribution in [0.2, 0.25) is 5.02 Å². The van der Waals surface area contributed by atoms with Gasteiger partial charge in [0, 0.05) is 43.0 Å². The molecule has 0 atom stereocenters. The zero-order valence-corrected chi connectivity index (χ0v) is 22.0. The van der Waals surface area contributed by atoms with E-state index >= 15 is 0 Å². The summed E-state index contributed by atoms with van der Waals surface area (Å²) in [7, 11) is 3.79. The third kappa shape index (κ3) is 5.50. The van der Waals surface area contributed by atoms with Gasteiger partial charge in [-0.1, -0.05) is 60.1 Å². The Morgan fingerprint density at radius 3 is 2.61 bits per heavy atom. The first kappa shape index (κ1) is 25.4. The highest BCUT2D eigenvalue weighted by Crippen LogP contribution is 2.28. The van der Waals surface area contributed by atoms with Gasteiger partial charge in [-0.15, -0.1) is 0 Å². The second-order valence-electron chi connectivity index (χ2n) is 8.99. The number of ether oxygens (including phenoxy) is 1. The molecule has 0 fully saturated rings. The van der Waals surface area contributed by atoms with Crippen molar-refractivity contribution in [3.63, 3.8) is 0 Å². The summed E-state index contributed by atoms with van der Waals surface area (Å²) >= 11 is 6.44. The van der Waals surface area contributed by atoms with Gasteiger partial charge in [-0.25, -0.2) is 4.98 Å². The average molecular weight is 524 g/mol. The number of anilines is 1. The molecule has 5 aromatic rings. The number of hydrogen-bond donors (Lipinski definition) is 1. The molecule has 190 valence electrons. The lowest BCUT2D eigenvalue weighted by Crippen LogP contribution is -2.29. The van der Waals surface area contributed by atoms with Gasteiger partial charge in [-0.05, 0) is 42.2 Å². The first-order chi connectivity index (χ1) is 18.5. The molecule has 0 aliphatic heterocycles. The van der Waals surface area contributed by atoms with Gasteiger partial charge in [0.25, 0.3) is 5.91 Å². The van der Waals surface area contributed by atoms with Crippen LogP contribution in [0.5, 0.6) is 11.5 Å². The molecule has 2 aromatic heterocycles. The summed E-state index contributed by atoms with van der Waals surface area (Å²) in [5.74, 6) is 1.95. The zero-order valence-electron chi connectivity index (χ0n) is 21.3. The maximum absolute atomic E-state index is 13.2. The number of hydrogen-bond acceptors (Lipinski definition) is 5. The molecule has 9 heteroatoms. The molecule has 0 saturated carbocycles. The molecule has 0 aliphatic rings. The summed E-state index contributed by atoms with van der Waals surface area (Å²) in [6.45, 7) is 1.20. The molecule has 38 heavy (non-hydrogen) atoms. The van der Waals surface area contributed by atoms with Crippen LogP contribution in [-0.4, -0.2) is 53.4 Å². The van der Waals surface area contributed by atoms with Gasteiger partial charge in [0.1, 0.15) is 25.2 Å². The van der Waals surface area contributed by atoms with Crippen LogP contribution in [0, 0.1) is 0 Å². The summed E-state index contributed by atoms with van der Waals surface area (Å²) in [4.78, 5) is 19.7. The molecule has 0 unspecified atom stereocenters. The predicted octanol–water partition coefficient (Wildman–Crippen LogP) is 4.67. The number of nitrogens with one attached hydrogen (secondary N) is 1. The van der Waals surface area contributed by atoms with Gasteiger partial charge in [0.05, 0.1) is 11.3 Å². The van der Waals surface area contributed by atoms with Crippen molar-refractivity contribution in [3.8, 4) is 22.8 Å². The van der Waals surface area contributed by atoms with Gasteiger partial charge in [0.2, 0.25) is 0 Å². The van der Waals surface area contributed by atoms with Crippen LogP contribution in [0.3, 0.4) is 0 Å². The SMILES string of the molecule is Bc1cnn2c(NCCCN(C)C(=O)c3ccccc3Oc3ccccc3)cc(-c3ccccc3Cl)nc12. The van der Waals surface area contributed by atoms with Crippen molar-refractivity contribution in [2.24, 2.45) is 0 Å². The number of amides is 1. The van der Waals surface area contributed by atoms with Gasteiger partial charge >= 0.3 is 0 Å². The van der Waals surface area contributed by atoms with Gasteiger partial charge in [-0.3, -0.25) is 4.79 Å². The number of aromatic nitrogens is 3. The van der Waals surface area contributed by atoms with Crippen LogP contribution in [0.15, 0.2) is 91.1 Å². The zero-order chi connectivity index (χ0) is 26.5. The second kappa shape index (κ2) is 11.4. The lowest BCUT2D eigenvalue weighted by molar-refractivity contribution is 0.0792. The molecule has 0 saturated heterocycles. The maximum atomic E-state index is 13.2. The van der Waals surface area contributed by atoms with E-state index in [2.05, 4.69) is 10.4 Å². The lowest BCUT2D eigenvalue weighted by Gasteiger charge is -2.19. The van der Waals surface area contributed by atoms with Crippen molar-refractivity contribution < 1.29 is 9.53 Å². The number of rotatable bonds is 9. The summed E-state index contributed by atoms with van der Waals surface area (Å²) in [5, 5.41) is 8.59. The fraction of sp³-hybridized carbons (Fsp3) is 0.138. The second-order valence-corrected chi connectivity index (χ2v) is 9.39. The Kier molecular flexibility index (Phi) is 7.61. The van der Waals surface area contributed by atoms with E-state index < -0.39 is 0 Å². The third-order valence-electron chi connectivity index (χ3n) is 6.21. The normalized spacial score (nSPS) is 10.9. The summed E-state index contributed by atoms with van der Waals surface area (Å²) < 4.78 is 7.77. The molecule has 0 aliphatic carbocycles. The largest absolute Gasteiger partial charge is 0.457 e. The highest BCUT2D eigenvalue weighted by atomic mass is 35.5. The van der Waals surface area contributed by atoms with Crippen LogP contribution in [0.4, 0.5) is 5.82 Å². The molecule has 0 spiro atoms. The minimum absolute atomic E-state index is 0.0912. The Balaban J connectivity index is 1.25. The van der Waals surface area contributed by atoms with Gasteiger partial charge in [0.15, 0.2) is 5.65 Å². The Hall–Kier alpha value is -4.30. The Labute approximate surface area is 227 Å². The van der Waals surface area contributed by atoms with Crippen molar-refractivity contribution in [1.82, 2.24) is 19.5 Å². The van der Waals surface area contributed by atoms with E-state index in [1.165, 1.54) is 0 Å². The van der Waals surface area contributed by atoms with Crippen LogP contribution in [-0.2, 0) is 0 Å². The highest BCUT2D eigenvalue weighted by molar-refractivity contribution is 6.36. The van der Waals surface area contributed by atoms with Crippen molar-refractivity contribution in [3.05, 3.63) is 102 Å². The van der Waals surface area contributed by atoms with Gasteiger partial charge < -0.3 is 15.0 Å². The number of benzene rings is 3. The highest BCUT2D eigenvalue weighted by Gasteiger charge is 2.17. The summed E-state index contributed by atoms with van der Waals surface area (Å²) in [5.41, 5.74) is 3.91. The number of carbonyl (C=O) groups excluding carboxylic acids is 1. The quantitative estimate of drug-likeness (QED) is 0.224. The van der Waals surface area contributed by atoms with E-state index in [0.29, 0.717) is 35.2 Å². The van der Waals surface area contributed by atoms with E-state index in [1.807, 2.05) is 86.7 Å². The Bertz CT molecular complexity index is 1570. The summed E-state index contributed by atoms with van der Waals surface area (Å²) in [6.07, 6.45) is 2.53. The average Bonchev–Trinajstić information content (AvgIpc) is 3.32. The molecule has 1 amide bonds. The number of halogens is 1. The minimum Gasteiger partial charge on any atom is -0.457 e. The minimum atomic E-state index is -0.0912. The van der Waals surface area contributed by atoms with Crippen molar-refractivity contribution in [1.29, 1.82) is 0 Å². The number of nitrogens with zero attached hydrogens (tertiary/aromatic N) is 4. The Morgan fingerprint density at radius 1 is 1.05 bits per heavy atom. The standard InChI is InChI=1S/C29H27BClN5O2/c1-35(29(37)22-13-6-8-15-26(22)38-20-10-3-2-4-11-20)17-9-16-32-27-18-25(21-12-5-7-14-24(21)31)34-28-23(30)19-33-36(27)28/h2-8,10-15,18-19,32H,9,16-17,30H2,1H3. The fourth-order valence-electron chi connectivity index (χ4n) is 4.19. The first-order valence-corrected chi connectivity index (χ1v) is 12.8. The third-order valence-corrected chi connectivity index (χ3v) is 6.54. The van der Waals surface area contributed by atoms with E-state index in [0.717, 1.165) is 34.6 Å². The van der Waals surface area contributed by atoms with Crippen molar-refractivity contribution in [2.45, 2.75) is 6.42 Å². The van der Waals surface area contributed by atoms with Crippen LogP contribution < -0.4 is 15.5 Å². The number of para-hydroxylation sites is 2. The maximum Gasteiger partial charge on any atom is 0.257 e. The molecular weight excluding hydrogens is 497 g/mol. The topological polar surface area (TPSA) is 71.8 Å². The molecule has 0 radical (unpaired) electrons. The Morgan fingerprint density at radius 2 is 1.79 bits per heavy atom.